The number of carbonyl (C=O) groups excluding carboxylic acids is 1. The van der Waals surface area contributed by atoms with Crippen LogP contribution in [-0.2, 0) is 9.53 Å². The summed E-state index contributed by atoms with van der Waals surface area (Å²) in [4.78, 5) is 10.8. The summed E-state index contributed by atoms with van der Waals surface area (Å²) in [7, 11) is 1.34. The van der Waals surface area contributed by atoms with Crippen molar-refractivity contribution in [3.05, 3.63) is 0 Å². The van der Waals surface area contributed by atoms with Crippen LogP contribution < -0.4 is 5.32 Å². The zero-order valence-electron chi connectivity index (χ0n) is 10.6. The molecule has 0 radical (unpaired) electrons. The van der Waals surface area contributed by atoms with Crippen LogP contribution in [-0.4, -0.2) is 31.8 Å². The van der Waals surface area contributed by atoms with Gasteiger partial charge in [0.15, 0.2) is 0 Å². The van der Waals surface area contributed by atoms with Gasteiger partial charge in [0.2, 0.25) is 0 Å². The fraction of sp³-hybridized carbons (Fsp3) is 0.917. The second-order valence-electron chi connectivity index (χ2n) is 4.72. The third-order valence-corrected chi connectivity index (χ3v) is 3.41. The second kappa shape index (κ2) is 6.97. The maximum absolute atomic E-state index is 12.4. The molecular weight excluding hydrogens is 247 g/mol. The molecule has 1 aliphatic carbocycles. The lowest BCUT2D eigenvalue weighted by Crippen LogP contribution is -2.37. The highest BCUT2D eigenvalue weighted by atomic mass is 19.4. The first-order chi connectivity index (χ1) is 8.43. The first-order valence-electron chi connectivity index (χ1n) is 6.30. The van der Waals surface area contributed by atoms with Crippen molar-refractivity contribution in [3.63, 3.8) is 0 Å². The van der Waals surface area contributed by atoms with Gasteiger partial charge in [-0.05, 0) is 38.6 Å². The number of methoxy groups -OCH3 is 1. The monoisotopic (exact) mass is 267 g/mol. The average molecular weight is 267 g/mol. The molecule has 1 N–H and O–H groups in total. The minimum atomic E-state index is -4.05. The van der Waals surface area contributed by atoms with Gasteiger partial charge in [-0.2, -0.15) is 13.2 Å². The van der Waals surface area contributed by atoms with Gasteiger partial charge in [0.25, 0.3) is 0 Å². The zero-order valence-corrected chi connectivity index (χ0v) is 10.6. The van der Waals surface area contributed by atoms with Gasteiger partial charge in [-0.1, -0.05) is 0 Å². The molecule has 106 valence electrons. The molecule has 0 aromatic rings. The van der Waals surface area contributed by atoms with Crippen LogP contribution in [0.2, 0.25) is 0 Å². The quantitative estimate of drug-likeness (QED) is 0.614. The molecule has 0 spiro atoms. The number of nitrogens with one attached hydrogen (secondary N) is 1. The van der Waals surface area contributed by atoms with Gasteiger partial charge < -0.3 is 10.1 Å². The van der Waals surface area contributed by atoms with Crippen molar-refractivity contribution in [1.82, 2.24) is 5.32 Å². The third kappa shape index (κ3) is 5.25. The van der Waals surface area contributed by atoms with Crippen LogP contribution in [0.4, 0.5) is 13.2 Å². The highest BCUT2D eigenvalue weighted by Gasteiger charge is 2.41. The first-order valence-corrected chi connectivity index (χ1v) is 6.30. The number of rotatable bonds is 5. The minimum absolute atomic E-state index is 0.154. The van der Waals surface area contributed by atoms with Crippen LogP contribution in [0, 0.1) is 5.92 Å². The minimum Gasteiger partial charge on any atom is -0.469 e. The summed E-state index contributed by atoms with van der Waals surface area (Å²) < 4.78 is 41.8. The molecule has 18 heavy (non-hydrogen) atoms. The van der Waals surface area contributed by atoms with E-state index in [1.54, 1.807) is 0 Å². The molecular formula is C12H20F3NO2. The van der Waals surface area contributed by atoms with Crippen molar-refractivity contribution >= 4 is 5.97 Å². The number of hydrogen-bond donors (Lipinski definition) is 1. The van der Waals surface area contributed by atoms with Gasteiger partial charge in [-0.3, -0.25) is 4.79 Å². The number of hydrogen-bond acceptors (Lipinski definition) is 3. The van der Waals surface area contributed by atoms with Gasteiger partial charge in [0.05, 0.1) is 13.0 Å². The van der Waals surface area contributed by atoms with E-state index < -0.39 is 12.1 Å². The summed E-state index contributed by atoms with van der Waals surface area (Å²) >= 11 is 0. The van der Waals surface area contributed by atoms with E-state index in [1.165, 1.54) is 7.11 Å². The van der Waals surface area contributed by atoms with Crippen LogP contribution in [0.25, 0.3) is 0 Å². The highest BCUT2D eigenvalue weighted by molar-refractivity contribution is 5.69. The average Bonchev–Trinajstić information content (AvgIpc) is 2.33. The zero-order chi connectivity index (χ0) is 13.6. The Hall–Kier alpha value is -0.780. The summed E-state index contributed by atoms with van der Waals surface area (Å²) in [5, 5.41) is 3.20. The number of alkyl halides is 3. The summed E-state index contributed by atoms with van der Waals surface area (Å²) in [6.07, 6.45) is -1.51. The standard InChI is InChI=1S/C12H20F3NO2/c1-18-11(17)3-2-8-16-10-6-4-9(5-7-10)12(13,14)15/h9-10,16H,2-8H2,1H3. The van der Waals surface area contributed by atoms with Crippen molar-refractivity contribution in [2.75, 3.05) is 13.7 Å². The van der Waals surface area contributed by atoms with Gasteiger partial charge >= 0.3 is 12.1 Å². The summed E-state index contributed by atoms with van der Waals surface area (Å²) in [5.41, 5.74) is 0. The molecule has 0 bridgehead atoms. The molecule has 0 heterocycles. The van der Waals surface area contributed by atoms with Crippen molar-refractivity contribution in [2.45, 2.75) is 50.7 Å². The molecule has 0 amide bonds. The largest absolute Gasteiger partial charge is 0.469 e. The Balaban J connectivity index is 2.11. The molecule has 6 heteroatoms. The van der Waals surface area contributed by atoms with E-state index >= 15 is 0 Å². The van der Waals surface area contributed by atoms with Gasteiger partial charge in [0, 0.05) is 12.5 Å². The van der Waals surface area contributed by atoms with Crippen molar-refractivity contribution in [1.29, 1.82) is 0 Å². The molecule has 3 nitrogen and oxygen atoms in total. The Kier molecular flexibility index (Phi) is 5.91. The Morgan fingerprint density at radius 1 is 1.28 bits per heavy atom. The van der Waals surface area contributed by atoms with Crippen molar-refractivity contribution < 1.29 is 22.7 Å². The predicted molar refractivity (Wildman–Crippen MR) is 61.1 cm³/mol. The molecule has 0 saturated heterocycles. The molecule has 1 saturated carbocycles. The number of esters is 1. The van der Waals surface area contributed by atoms with Crippen LogP contribution in [0.1, 0.15) is 38.5 Å². The van der Waals surface area contributed by atoms with E-state index in [1.807, 2.05) is 0 Å². The second-order valence-corrected chi connectivity index (χ2v) is 4.72. The number of ether oxygens (including phenoxy) is 1. The summed E-state index contributed by atoms with van der Waals surface area (Å²) in [6.45, 7) is 0.649. The van der Waals surface area contributed by atoms with Gasteiger partial charge in [-0.15, -0.1) is 0 Å². The maximum Gasteiger partial charge on any atom is 0.391 e. The van der Waals surface area contributed by atoms with Crippen molar-refractivity contribution in [2.24, 2.45) is 5.92 Å². The molecule has 1 rings (SSSR count). The number of carbonyl (C=O) groups is 1. The first kappa shape index (κ1) is 15.3. The molecule has 0 aromatic carbocycles. The molecule has 0 aromatic heterocycles. The highest BCUT2D eigenvalue weighted by Crippen LogP contribution is 2.37. The summed E-state index contributed by atoms with van der Waals surface area (Å²) in [6, 6.07) is 0.154. The van der Waals surface area contributed by atoms with Crippen LogP contribution in [0.3, 0.4) is 0 Å². The Morgan fingerprint density at radius 2 is 1.89 bits per heavy atom. The Labute approximate surface area is 105 Å². The molecule has 0 atom stereocenters. The Morgan fingerprint density at radius 3 is 2.39 bits per heavy atom. The maximum atomic E-state index is 12.4. The van der Waals surface area contributed by atoms with Crippen LogP contribution in [0.5, 0.6) is 0 Å². The predicted octanol–water partition coefficient (Wildman–Crippen LogP) is 2.65. The SMILES string of the molecule is COC(=O)CCCNC1CCC(C(F)(F)F)CC1. The molecule has 1 fully saturated rings. The lowest BCUT2D eigenvalue weighted by molar-refractivity contribution is -0.182. The fourth-order valence-electron chi connectivity index (χ4n) is 2.27. The third-order valence-electron chi connectivity index (χ3n) is 3.41. The van der Waals surface area contributed by atoms with E-state index in [9.17, 15) is 18.0 Å². The fourth-order valence-corrected chi connectivity index (χ4v) is 2.27. The van der Waals surface area contributed by atoms with Crippen LogP contribution in [0.15, 0.2) is 0 Å². The lowest BCUT2D eigenvalue weighted by Gasteiger charge is -2.30. The summed E-state index contributed by atoms with van der Waals surface area (Å²) in [5.74, 6) is -1.39. The van der Waals surface area contributed by atoms with E-state index in [4.69, 9.17) is 0 Å². The van der Waals surface area contributed by atoms with E-state index in [0.717, 1.165) is 0 Å². The topological polar surface area (TPSA) is 38.3 Å². The van der Waals surface area contributed by atoms with Gasteiger partial charge in [0.1, 0.15) is 0 Å². The molecule has 0 unspecified atom stereocenters. The smallest absolute Gasteiger partial charge is 0.391 e. The van der Waals surface area contributed by atoms with Crippen LogP contribution >= 0.6 is 0 Å². The Bertz CT molecular complexity index is 261. The van der Waals surface area contributed by atoms with E-state index in [-0.39, 0.29) is 24.9 Å². The normalized spacial score (nSPS) is 24.9. The lowest BCUT2D eigenvalue weighted by atomic mass is 9.85. The van der Waals surface area contributed by atoms with Crippen molar-refractivity contribution in [3.8, 4) is 0 Å². The van der Waals surface area contributed by atoms with E-state index in [0.29, 0.717) is 32.2 Å². The van der Waals surface area contributed by atoms with Gasteiger partial charge in [-0.25, -0.2) is 0 Å². The molecule has 1 aliphatic rings. The number of halogens is 3. The van der Waals surface area contributed by atoms with E-state index in [2.05, 4.69) is 10.1 Å². The molecule has 0 aliphatic heterocycles.